The number of aryl methyl sites for hydroxylation is 2. The first-order chi connectivity index (χ1) is 16.2. The third kappa shape index (κ3) is 3.91. The quantitative estimate of drug-likeness (QED) is 0.394. The standard InChI is InChI=1S/C23H19ClF3N5O2/c1-13-2-4-16(32-28-9-10-29-32)20(21(13)25)22(33)31-11-8-23(26,27)18(31)6-7-19-30-15-12-14(24)3-5-17(15)34-19/h2-5,9-10,12,18H,6-8,11H2,1H3/t18-/m1/s1. The summed E-state index contributed by atoms with van der Waals surface area (Å²) in [6.45, 7) is 1.29. The van der Waals surface area contributed by atoms with Crippen LogP contribution in [0.5, 0.6) is 0 Å². The molecule has 5 rings (SSSR count). The van der Waals surface area contributed by atoms with Crippen molar-refractivity contribution in [2.75, 3.05) is 6.54 Å². The van der Waals surface area contributed by atoms with Gasteiger partial charge in [-0.3, -0.25) is 4.79 Å². The van der Waals surface area contributed by atoms with Gasteiger partial charge in [0.1, 0.15) is 22.6 Å². The smallest absolute Gasteiger partial charge is 0.269 e. The summed E-state index contributed by atoms with van der Waals surface area (Å²) in [5, 5.41) is 8.42. The maximum atomic E-state index is 15.1. The van der Waals surface area contributed by atoms with Crippen LogP contribution in [-0.2, 0) is 6.42 Å². The molecule has 4 aromatic rings. The average molecular weight is 490 g/mol. The Balaban J connectivity index is 1.45. The van der Waals surface area contributed by atoms with Gasteiger partial charge in [0.2, 0.25) is 0 Å². The molecule has 2 aromatic heterocycles. The number of hydrogen-bond donors (Lipinski definition) is 0. The number of halogens is 4. The molecule has 176 valence electrons. The van der Waals surface area contributed by atoms with Crippen molar-refractivity contribution in [3.05, 3.63) is 70.6 Å². The second-order valence-corrected chi connectivity index (χ2v) is 8.63. The molecule has 2 aromatic carbocycles. The number of rotatable bonds is 5. The van der Waals surface area contributed by atoms with Crippen LogP contribution in [0.15, 0.2) is 47.1 Å². The summed E-state index contributed by atoms with van der Waals surface area (Å²) < 4.78 is 50.5. The predicted octanol–water partition coefficient (Wildman–Crippen LogP) is 4.99. The Labute approximate surface area is 197 Å². The van der Waals surface area contributed by atoms with Crippen LogP contribution in [0.2, 0.25) is 5.02 Å². The fourth-order valence-electron chi connectivity index (χ4n) is 4.27. The number of alkyl halides is 2. The fraction of sp³-hybridized carbons (Fsp3) is 0.304. The summed E-state index contributed by atoms with van der Waals surface area (Å²) in [4.78, 5) is 19.9. The van der Waals surface area contributed by atoms with Crippen molar-refractivity contribution in [1.82, 2.24) is 24.9 Å². The van der Waals surface area contributed by atoms with Crippen LogP contribution in [0.4, 0.5) is 13.2 Å². The van der Waals surface area contributed by atoms with Gasteiger partial charge in [-0.1, -0.05) is 17.7 Å². The van der Waals surface area contributed by atoms with Gasteiger partial charge in [-0.15, -0.1) is 0 Å². The van der Waals surface area contributed by atoms with Crippen molar-refractivity contribution < 1.29 is 22.4 Å². The van der Waals surface area contributed by atoms with Crippen molar-refractivity contribution in [1.29, 1.82) is 0 Å². The molecule has 0 N–H and O–H groups in total. The minimum Gasteiger partial charge on any atom is -0.441 e. The van der Waals surface area contributed by atoms with Gasteiger partial charge in [-0.25, -0.2) is 18.2 Å². The molecule has 1 atom stereocenters. The predicted molar refractivity (Wildman–Crippen MR) is 118 cm³/mol. The third-order valence-electron chi connectivity index (χ3n) is 6.00. The van der Waals surface area contributed by atoms with Gasteiger partial charge in [-0.05, 0) is 43.2 Å². The number of aromatic nitrogens is 4. The maximum Gasteiger partial charge on any atom is 0.269 e. The van der Waals surface area contributed by atoms with Gasteiger partial charge in [-0.2, -0.15) is 15.0 Å². The normalized spacial score (nSPS) is 17.6. The summed E-state index contributed by atoms with van der Waals surface area (Å²) in [5.41, 5.74) is 0.973. The van der Waals surface area contributed by atoms with Crippen LogP contribution in [0.1, 0.15) is 34.7 Å². The molecule has 0 spiro atoms. The first kappa shape index (κ1) is 22.4. The van der Waals surface area contributed by atoms with E-state index in [9.17, 15) is 13.6 Å². The van der Waals surface area contributed by atoms with E-state index in [0.717, 1.165) is 9.70 Å². The van der Waals surface area contributed by atoms with E-state index in [1.165, 1.54) is 31.5 Å². The highest BCUT2D eigenvalue weighted by Gasteiger charge is 2.51. The van der Waals surface area contributed by atoms with E-state index >= 15 is 4.39 Å². The largest absolute Gasteiger partial charge is 0.441 e. The minimum absolute atomic E-state index is 0.0696. The summed E-state index contributed by atoms with van der Waals surface area (Å²) in [7, 11) is 0. The van der Waals surface area contributed by atoms with Crippen molar-refractivity contribution in [2.45, 2.75) is 38.2 Å². The second-order valence-electron chi connectivity index (χ2n) is 8.19. The first-order valence-electron chi connectivity index (χ1n) is 10.6. The molecule has 1 aliphatic heterocycles. The summed E-state index contributed by atoms with van der Waals surface area (Å²) in [5.74, 6) is -4.50. The monoisotopic (exact) mass is 489 g/mol. The fourth-order valence-corrected chi connectivity index (χ4v) is 4.44. The minimum atomic E-state index is -3.14. The van der Waals surface area contributed by atoms with Crippen molar-refractivity contribution in [3.63, 3.8) is 0 Å². The number of likely N-dealkylation sites (tertiary alicyclic amines) is 1. The average Bonchev–Trinajstić information content (AvgIpc) is 3.52. The zero-order valence-electron chi connectivity index (χ0n) is 18.0. The number of carbonyl (C=O) groups excluding carboxylic acids is 1. The van der Waals surface area contributed by atoms with Gasteiger partial charge in [0, 0.05) is 24.4 Å². The van der Waals surface area contributed by atoms with Gasteiger partial charge in [0.15, 0.2) is 11.5 Å². The van der Waals surface area contributed by atoms with Crippen molar-refractivity contribution >= 4 is 28.6 Å². The zero-order valence-corrected chi connectivity index (χ0v) is 18.8. The van der Waals surface area contributed by atoms with Gasteiger partial charge < -0.3 is 9.32 Å². The lowest BCUT2D eigenvalue weighted by atomic mass is 10.0. The number of oxazole rings is 1. The van der Waals surface area contributed by atoms with E-state index in [2.05, 4.69) is 15.2 Å². The molecule has 0 unspecified atom stereocenters. The number of amides is 1. The van der Waals surface area contributed by atoms with Crippen molar-refractivity contribution in [3.8, 4) is 5.69 Å². The molecular weight excluding hydrogens is 471 g/mol. The Morgan fingerprint density at radius 1 is 1.24 bits per heavy atom. The van der Waals surface area contributed by atoms with Crippen LogP contribution in [0.25, 0.3) is 16.8 Å². The van der Waals surface area contributed by atoms with Crippen LogP contribution in [0, 0.1) is 12.7 Å². The molecule has 1 saturated heterocycles. The molecule has 1 fully saturated rings. The van der Waals surface area contributed by atoms with Crippen LogP contribution in [0.3, 0.4) is 0 Å². The molecule has 34 heavy (non-hydrogen) atoms. The highest BCUT2D eigenvalue weighted by molar-refractivity contribution is 6.31. The number of nitrogens with zero attached hydrogens (tertiary/aromatic N) is 5. The van der Waals surface area contributed by atoms with Crippen LogP contribution < -0.4 is 0 Å². The van der Waals surface area contributed by atoms with E-state index in [0.29, 0.717) is 16.1 Å². The molecule has 11 heteroatoms. The molecule has 3 heterocycles. The topological polar surface area (TPSA) is 77.1 Å². The lowest BCUT2D eigenvalue weighted by molar-refractivity contribution is -0.0324. The summed E-state index contributed by atoms with van der Waals surface area (Å²) in [6, 6.07) is 6.46. The zero-order chi connectivity index (χ0) is 24.0. The highest BCUT2D eigenvalue weighted by Crippen LogP contribution is 2.38. The Bertz CT molecular complexity index is 1370. The molecular formula is C23H19ClF3N5O2. The number of carbonyl (C=O) groups is 1. The number of fused-ring (bicyclic) bond motifs is 1. The lowest BCUT2D eigenvalue weighted by Gasteiger charge is -2.28. The molecule has 1 aliphatic rings. The summed E-state index contributed by atoms with van der Waals surface area (Å²) in [6.07, 6.45) is 2.20. The van der Waals surface area contributed by atoms with Crippen LogP contribution >= 0.6 is 11.6 Å². The van der Waals surface area contributed by atoms with E-state index in [-0.39, 0.29) is 42.1 Å². The first-order valence-corrected chi connectivity index (χ1v) is 11.0. The molecule has 0 bridgehead atoms. The number of hydrogen-bond acceptors (Lipinski definition) is 5. The van der Waals surface area contributed by atoms with Gasteiger partial charge in [0.25, 0.3) is 11.8 Å². The second kappa shape index (κ2) is 8.43. The molecule has 0 radical (unpaired) electrons. The Morgan fingerprint density at radius 2 is 2.00 bits per heavy atom. The molecule has 7 nitrogen and oxygen atoms in total. The molecule has 0 aliphatic carbocycles. The highest BCUT2D eigenvalue weighted by atomic mass is 35.5. The Kier molecular flexibility index (Phi) is 5.55. The van der Waals surface area contributed by atoms with E-state index in [4.69, 9.17) is 16.0 Å². The number of benzene rings is 2. The van der Waals surface area contributed by atoms with Crippen LogP contribution in [-0.4, -0.2) is 49.3 Å². The Morgan fingerprint density at radius 3 is 2.76 bits per heavy atom. The SMILES string of the molecule is Cc1ccc(-n2nccn2)c(C(=O)N2CCC(F)(F)[C@H]2CCc2nc3cc(Cl)ccc3o2)c1F. The third-order valence-corrected chi connectivity index (χ3v) is 6.23. The maximum absolute atomic E-state index is 15.1. The van der Waals surface area contributed by atoms with E-state index in [1.807, 2.05) is 0 Å². The Hall–Kier alpha value is -3.40. The van der Waals surface area contributed by atoms with E-state index < -0.39 is 30.1 Å². The summed E-state index contributed by atoms with van der Waals surface area (Å²) >= 11 is 5.97. The van der Waals surface area contributed by atoms with E-state index in [1.54, 1.807) is 18.2 Å². The van der Waals surface area contributed by atoms with Gasteiger partial charge in [0.05, 0.1) is 18.4 Å². The van der Waals surface area contributed by atoms with Gasteiger partial charge >= 0.3 is 0 Å². The lowest BCUT2D eigenvalue weighted by Crippen LogP contribution is -2.43. The van der Waals surface area contributed by atoms with Crippen molar-refractivity contribution in [2.24, 2.45) is 0 Å². The molecule has 1 amide bonds. The molecule has 0 saturated carbocycles.